The Kier molecular flexibility index (Phi) is 7.20. The summed E-state index contributed by atoms with van der Waals surface area (Å²) >= 11 is 5.88. The Morgan fingerprint density at radius 3 is 2.54 bits per heavy atom. The lowest BCUT2D eigenvalue weighted by atomic mass is 10.1. The maximum absolute atomic E-state index is 12.2. The van der Waals surface area contributed by atoms with E-state index in [0.29, 0.717) is 19.6 Å². The Morgan fingerprint density at radius 1 is 1.19 bits per heavy atom. The molecule has 5 nitrogen and oxygen atoms in total. The molecule has 2 aromatic rings. The van der Waals surface area contributed by atoms with E-state index in [9.17, 15) is 13.2 Å². The molecule has 0 bridgehead atoms. The Hall–Kier alpha value is -1.89. The minimum atomic E-state index is -3.49. The molecule has 0 saturated heterocycles. The lowest BCUT2D eigenvalue weighted by Gasteiger charge is -2.13. The Balaban J connectivity index is 1.81. The molecular weight excluding hydrogens is 374 g/mol. The van der Waals surface area contributed by atoms with Crippen molar-refractivity contribution in [3.05, 3.63) is 64.7 Å². The maximum atomic E-state index is 12.2. The van der Waals surface area contributed by atoms with Crippen molar-refractivity contribution in [3.63, 3.8) is 0 Å². The van der Waals surface area contributed by atoms with Gasteiger partial charge in [0, 0.05) is 25.0 Å². The predicted molar refractivity (Wildman–Crippen MR) is 102 cm³/mol. The molecule has 2 aromatic carbocycles. The van der Waals surface area contributed by atoms with Gasteiger partial charge >= 0.3 is 0 Å². The van der Waals surface area contributed by atoms with E-state index in [0.717, 1.165) is 11.8 Å². The average molecular weight is 396 g/mol. The Labute approximate surface area is 159 Å². The highest BCUT2D eigenvalue weighted by Gasteiger charge is 2.15. The number of hydrogen-bond donors (Lipinski definition) is 1. The quantitative estimate of drug-likeness (QED) is 0.692. The average Bonchev–Trinajstić information content (AvgIpc) is 2.61. The molecule has 140 valence electrons. The van der Waals surface area contributed by atoms with Gasteiger partial charge in [0.15, 0.2) is 9.84 Å². The normalized spacial score (nSPS) is 12.6. The highest BCUT2D eigenvalue weighted by molar-refractivity contribution is 7.90. The van der Waals surface area contributed by atoms with Gasteiger partial charge < -0.3 is 10.1 Å². The lowest BCUT2D eigenvalue weighted by molar-refractivity contribution is 0.0635. The number of nitrogens with one attached hydrogen (secondary N) is 1. The van der Waals surface area contributed by atoms with Gasteiger partial charge in [0.2, 0.25) is 0 Å². The second kappa shape index (κ2) is 9.16. The Bertz CT molecular complexity index is 853. The van der Waals surface area contributed by atoms with Crippen molar-refractivity contribution >= 4 is 27.3 Å². The standard InChI is InChI=1S/C19H22ClNO4S/c1-14(15-7-4-3-5-8-15)25-12-6-11-21-19(22)16-9-10-17(20)18(13-16)26(2,23)24/h3-5,7-10,13-14H,6,11-12H2,1-2H3,(H,21,22). The highest BCUT2D eigenvalue weighted by atomic mass is 35.5. The van der Waals surface area contributed by atoms with Crippen LogP contribution in [0.4, 0.5) is 0 Å². The minimum absolute atomic E-state index is 0.0134. The van der Waals surface area contributed by atoms with E-state index in [1.54, 1.807) is 0 Å². The van der Waals surface area contributed by atoms with Crippen LogP contribution < -0.4 is 5.32 Å². The van der Waals surface area contributed by atoms with Crippen molar-refractivity contribution in [2.45, 2.75) is 24.3 Å². The molecule has 0 saturated carbocycles. The van der Waals surface area contributed by atoms with Gasteiger partial charge in [0.05, 0.1) is 16.0 Å². The number of halogens is 1. The number of benzene rings is 2. The van der Waals surface area contributed by atoms with Gasteiger partial charge in [0.25, 0.3) is 5.91 Å². The molecule has 2 rings (SSSR count). The van der Waals surface area contributed by atoms with E-state index in [-0.39, 0.29) is 27.5 Å². The van der Waals surface area contributed by atoms with Gasteiger partial charge in [-0.3, -0.25) is 4.79 Å². The van der Waals surface area contributed by atoms with E-state index in [1.807, 2.05) is 37.3 Å². The van der Waals surface area contributed by atoms with Crippen molar-refractivity contribution in [2.24, 2.45) is 0 Å². The lowest BCUT2D eigenvalue weighted by Crippen LogP contribution is -2.25. The van der Waals surface area contributed by atoms with Gasteiger partial charge in [-0.2, -0.15) is 0 Å². The van der Waals surface area contributed by atoms with Crippen LogP contribution in [0.3, 0.4) is 0 Å². The molecule has 0 aliphatic heterocycles. The van der Waals surface area contributed by atoms with Crippen molar-refractivity contribution in [1.82, 2.24) is 5.32 Å². The molecule has 1 unspecified atom stereocenters. The molecule has 1 atom stereocenters. The third-order valence-electron chi connectivity index (χ3n) is 3.84. The van der Waals surface area contributed by atoms with Gasteiger partial charge in [0.1, 0.15) is 0 Å². The molecule has 1 amide bonds. The van der Waals surface area contributed by atoms with E-state index < -0.39 is 9.84 Å². The topological polar surface area (TPSA) is 72.5 Å². The summed E-state index contributed by atoms with van der Waals surface area (Å²) in [5.41, 5.74) is 1.36. The zero-order chi connectivity index (χ0) is 19.2. The second-order valence-corrected chi connectivity index (χ2v) is 8.34. The molecule has 0 heterocycles. The van der Waals surface area contributed by atoms with Gasteiger partial charge in [-0.25, -0.2) is 8.42 Å². The first-order valence-corrected chi connectivity index (χ1v) is 10.5. The van der Waals surface area contributed by atoms with Crippen LogP contribution in [0.1, 0.15) is 35.4 Å². The van der Waals surface area contributed by atoms with Crippen molar-refractivity contribution in [1.29, 1.82) is 0 Å². The molecule has 7 heteroatoms. The Morgan fingerprint density at radius 2 is 1.88 bits per heavy atom. The van der Waals surface area contributed by atoms with Crippen LogP contribution >= 0.6 is 11.6 Å². The number of carbonyl (C=O) groups is 1. The molecule has 0 fully saturated rings. The first-order valence-electron chi connectivity index (χ1n) is 8.23. The summed E-state index contributed by atoms with van der Waals surface area (Å²) in [7, 11) is -3.49. The van der Waals surface area contributed by atoms with Gasteiger partial charge in [-0.05, 0) is 37.1 Å². The van der Waals surface area contributed by atoms with Crippen LogP contribution in [-0.4, -0.2) is 33.7 Å². The molecule has 26 heavy (non-hydrogen) atoms. The third-order valence-corrected chi connectivity index (χ3v) is 5.41. The monoisotopic (exact) mass is 395 g/mol. The molecule has 0 aromatic heterocycles. The number of hydrogen-bond acceptors (Lipinski definition) is 4. The van der Waals surface area contributed by atoms with Crippen molar-refractivity contribution in [3.8, 4) is 0 Å². The van der Waals surface area contributed by atoms with Crippen LogP contribution in [0.2, 0.25) is 5.02 Å². The van der Waals surface area contributed by atoms with Gasteiger partial charge in [-0.15, -0.1) is 0 Å². The van der Waals surface area contributed by atoms with Crippen molar-refractivity contribution in [2.75, 3.05) is 19.4 Å². The summed E-state index contributed by atoms with van der Waals surface area (Å²) in [6.07, 6.45) is 1.69. The fourth-order valence-corrected chi connectivity index (χ4v) is 3.69. The fourth-order valence-electron chi connectivity index (χ4n) is 2.39. The summed E-state index contributed by atoms with van der Waals surface area (Å²) in [5.74, 6) is -0.345. The smallest absolute Gasteiger partial charge is 0.251 e. The largest absolute Gasteiger partial charge is 0.374 e. The zero-order valence-electron chi connectivity index (χ0n) is 14.7. The molecule has 1 N–H and O–H groups in total. The number of ether oxygens (including phenoxy) is 1. The first-order chi connectivity index (χ1) is 12.3. The van der Waals surface area contributed by atoms with Gasteiger partial charge in [-0.1, -0.05) is 41.9 Å². The fraction of sp³-hybridized carbons (Fsp3) is 0.316. The molecule has 0 radical (unpaired) electrons. The van der Waals surface area contributed by atoms with Crippen LogP contribution in [0, 0.1) is 0 Å². The number of rotatable bonds is 8. The summed E-state index contributed by atoms with van der Waals surface area (Å²) in [6, 6.07) is 14.1. The minimum Gasteiger partial charge on any atom is -0.374 e. The summed E-state index contributed by atoms with van der Waals surface area (Å²) in [4.78, 5) is 12.1. The number of carbonyl (C=O) groups excluding carboxylic acids is 1. The zero-order valence-corrected chi connectivity index (χ0v) is 16.3. The summed E-state index contributed by atoms with van der Waals surface area (Å²) < 4.78 is 29.1. The van der Waals surface area contributed by atoms with Crippen molar-refractivity contribution < 1.29 is 17.9 Å². The molecule has 0 spiro atoms. The van der Waals surface area contributed by atoms with E-state index in [1.165, 1.54) is 18.2 Å². The highest BCUT2D eigenvalue weighted by Crippen LogP contribution is 2.22. The van der Waals surface area contributed by atoms with Crippen LogP contribution in [-0.2, 0) is 14.6 Å². The van der Waals surface area contributed by atoms with E-state index >= 15 is 0 Å². The molecule has 0 aliphatic rings. The number of sulfone groups is 1. The SMILES string of the molecule is CC(OCCCNC(=O)c1ccc(Cl)c(S(C)(=O)=O)c1)c1ccccc1. The summed E-state index contributed by atoms with van der Waals surface area (Å²) in [6.45, 7) is 2.91. The maximum Gasteiger partial charge on any atom is 0.251 e. The number of amides is 1. The predicted octanol–water partition coefficient (Wildman–Crippen LogP) is 3.64. The third kappa shape index (κ3) is 5.83. The van der Waals surface area contributed by atoms with Crippen LogP contribution in [0.15, 0.2) is 53.4 Å². The molecular formula is C19H22ClNO4S. The van der Waals surface area contributed by atoms with Crippen LogP contribution in [0.25, 0.3) is 0 Å². The second-order valence-electron chi connectivity index (χ2n) is 5.95. The van der Waals surface area contributed by atoms with E-state index in [4.69, 9.17) is 16.3 Å². The van der Waals surface area contributed by atoms with Crippen LogP contribution in [0.5, 0.6) is 0 Å². The molecule has 0 aliphatic carbocycles. The first kappa shape index (κ1) is 20.4. The summed E-state index contributed by atoms with van der Waals surface area (Å²) in [5, 5.41) is 2.86. The van der Waals surface area contributed by atoms with E-state index in [2.05, 4.69) is 5.32 Å².